The summed E-state index contributed by atoms with van der Waals surface area (Å²) in [5.41, 5.74) is 6.64. The van der Waals surface area contributed by atoms with Gasteiger partial charge in [-0.05, 0) is 44.2 Å². The van der Waals surface area contributed by atoms with Gasteiger partial charge in [0.2, 0.25) is 5.91 Å². The zero-order valence-corrected chi connectivity index (χ0v) is 10.0. The lowest BCUT2D eigenvalue weighted by Gasteiger charge is -2.26. The van der Waals surface area contributed by atoms with Gasteiger partial charge in [0.05, 0.1) is 12.5 Å². The minimum absolute atomic E-state index is 0.168. The molecule has 0 unspecified atom stereocenters. The van der Waals surface area contributed by atoms with Crippen molar-refractivity contribution in [1.29, 1.82) is 0 Å². The van der Waals surface area contributed by atoms with E-state index in [0.717, 1.165) is 37.8 Å². The monoisotopic (exact) mass is 236 g/mol. The molecule has 2 rings (SSSR count). The molecule has 1 heterocycles. The molecule has 3 N–H and O–H groups in total. The fourth-order valence-corrected chi connectivity index (χ4v) is 2.39. The Kier molecular flexibility index (Phi) is 4.20. The van der Waals surface area contributed by atoms with Crippen LogP contribution in [0.5, 0.6) is 0 Å². The smallest absolute Gasteiger partial charge is 0.223 e. The summed E-state index contributed by atoms with van der Waals surface area (Å²) in [6.45, 7) is 1.31. The summed E-state index contributed by atoms with van der Waals surface area (Å²) < 4.78 is 4.96. The molecule has 0 aliphatic heterocycles. The highest BCUT2D eigenvalue weighted by atomic mass is 16.3. The standard InChI is InChI=1S/C13H20N2O2/c14-7-10-1-3-12(4-2-10)13(16)15-8-11-5-6-17-9-11/h5-6,9-10,12H,1-4,7-8,14H2,(H,15,16). The molecule has 0 bridgehead atoms. The maximum Gasteiger partial charge on any atom is 0.223 e. The number of hydrogen-bond acceptors (Lipinski definition) is 3. The van der Waals surface area contributed by atoms with E-state index in [9.17, 15) is 4.79 Å². The number of nitrogens with one attached hydrogen (secondary N) is 1. The van der Waals surface area contributed by atoms with Crippen molar-refractivity contribution in [3.8, 4) is 0 Å². The third-order valence-corrected chi connectivity index (χ3v) is 3.60. The third-order valence-electron chi connectivity index (χ3n) is 3.60. The SMILES string of the molecule is NCC1CCC(C(=O)NCc2ccoc2)CC1. The predicted molar refractivity (Wildman–Crippen MR) is 65.1 cm³/mol. The molecule has 17 heavy (non-hydrogen) atoms. The van der Waals surface area contributed by atoms with Crippen molar-refractivity contribution in [2.75, 3.05) is 6.54 Å². The van der Waals surface area contributed by atoms with Gasteiger partial charge in [-0.15, -0.1) is 0 Å². The molecule has 94 valence electrons. The normalized spacial score (nSPS) is 24.5. The van der Waals surface area contributed by atoms with E-state index in [1.165, 1.54) is 0 Å². The molecule has 0 saturated heterocycles. The summed E-state index contributed by atoms with van der Waals surface area (Å²) in [5.74, 6) is 0.958. The van der Waals surface area contributed by atoms with Crippen LogP contribution in [0.2, 0.25) is 0 Å². The van der Waals surface area contributed by atoms with E-state index in [0.29, 0.717) is 12.5 Å². The molecule has 1 aliphatic carbocycles. The Morgan fingerprint density at radius 2 is 2.18 bits per heavy atom. The largest absolute Gasteiger partial charge is 0.472 e. The second-order valence-electron chi connectivity index (χ2n) is 4.80. The molecule has 1 amide bonds. The summed E-state index contributed by atoms with van der Waals surface area (Å²) in [5, 5.41) is 2.96. The van der Waals surface area contributed by atoms with E-state index in [-0.39, 0.29) is 11.8 Å². The molecule has 0 radical (unpaired) electrons. The lowest BCUT2D eigenvalue weighted by Crippen LogP contribution is -2.33. The Morgan fingerprint density at radius 1 is 1.41 bits per heavy atom. The van der Waals surface area contributed by atoms with Crippen LogP contribution in [0.3, 0.4) is 0 Å². The maximum absolute atomic E-state index is 11.9. The summed E-state index contributed by atoms with van der Waals surface area (Å²) >= 11 is 0. The van der Waals surface area contributed by atoms with Crippen molar-refractivity contribution in [2.24, 2.45) is 17.6 Å². The highest BCUT2D eigenvalue weighted by molar-refractivity contribution is 5.78. The number of nitrogens with two attached hydrogens (primary N) is 1. The van der Waals surface area contributed by atoms with E-state index < -0.39 is 0 Å². The van der Waals surface area contributed by atoms with Crippen molar-refractivity contribution < 1.29 is 9.21 Å². The van der Waals surface area contributed by atoms with Crippen LogP contribution >= 0.6 is 0 Å². The first kappa shape index (κ1) is 12.2. The highest BCUT2D eigenvalue weighted by Crippen LogP contribution is 2.28. The molecule has 0 spiro atoms. The van der Waals surface area contributed by atoms with Gasteiger partial charge in [0, 0.05) is 18.0 Å². The van der Waals surface area contributed by atoms with Gasteiger partial charge in [-0.25, -0.2) is 0 Å². The second kappa shape index (κ2) is 5.87. The zero-order valence-electron chi connectivity index (χ0n) is 10.0. The Morgan fingerprint density at radius 3 is 2.76 bits per heavy atom. The molecule has 1 aromatic heterocycles. The molecule has 0 aromatic carbocycles. The first-order valence-corrected chi connectivity index (χ1v) is 6.28. The molecule has 1 aliphatic rings. The molecule has 1 fully saturated rings. The van der Waals surface area contributed by atoms with Gasteiger partial charge in [-0.2, -0.15) is 0 Å². The number of carbonyl (C=O) groups is 1. The van der Waals surface area contributed by atoms with E-state index in [2.05, 4.69) is 5.32 Å². The number of furan rings is 1. The summed E-state index contributed by atoms with van der Waals surface area (Å²) in [4.78, 5) is 11.9. The average molecular weight is 236 g/mol. The van der Waals surface area contributed by atoms with Gasteiger partial charge >= 0.3 is 0 Å². The number of carbonyl (C=O) groups excluding carboxylic acids is 1. The van der Waals surface area contributed by atoms with Crippen LogP contribution in [0.25, 0.3) is 0 Å². The molecule has 4 nitrogen and oxygen atoms in total. The zero-order chi connectivity index (χ0) is 12.1. The molecular weight excluding hydrogens is 216 g/mol. The molecule has 0 atom stereocenters. The van der Waals surface area contributed by atoms with Gasteiger partial charge in [0.25, 0.3) is 0 Å². The van der Waals surface area contributed by atoms with Gasteiger partial charge in [0.1, 0.15) is 0 Å². The highest BCUT2D eigenvalue weighted by Gasteiger charge is 2.25. The van der Waals surface area contributed by atoms with Crippen molar-refractivity contribution in [1.82, 2.24) is 5.32 Å². The van der Waals surface area contributed by atoms with Gasteiger partial charge in [-0.1, -0.05) is 0 Å². The molecule has 1 saturated carbocycles. The van der Waals surface area contributed by atoms with E-state index >= 15 is 0 Å². The first-order chi connectivity index (χ1) is 8.29. The van der Waals surface area contributed by atoms with Crippen molar-refractivity contribution in [3.63, 3.8) is 0 Å². The van der Waals surface area contributed by atoms with Crippen LogP contribution in [-0.4, -0.2) is 12.5 Å². The Balaban J connectivity index is 1.73. The summed E-state index contributed by atoms with van der Waals surface area (Å²) in [6, 6.07) is 1.87. The van der Waals surface area contributed by atoms with Gasteiger partial charge in [0.15, 0.2) is 0 Å². The van der Waals surface area contributed by atoms with Gasteiger partial charge in [-0.3, -0.25) is 4.79 Å². The van der Waals surface area contributed by atoms with Crippen LogP contribution in [-0.2, 0) is 11.3 Å². The summed E-state index contributed by atoms with van der Waals surface area (Å²) in [7, 11) is 0. The van der Waals surface area contributed by atoms with Crippen molar-refractivity contribution in [3.05, 3.63) is 24.2 Å². The number of amides is 1. The lowest BCUT2D eigenvalue weighted by molar-refractivity contribution is -0.126. The quantitative estimate of drug-likeness (QED) is 0.835. The molecular formula is C13H20N2O2. The van der Waals surface area contributed by atoms with Gasteiger partial charge < -0.3 is 15.5 Å². The van der Waals surface area contributed by atoms with Crippen LogP contribution in [0.15, 0.2) is 23.0 Å². The number of rotatable bonds is 4. The third kappa shape index (κ3) is 3.33. The second-order valence-corrected chi connectivity index (χ2v) is 4.80. The van der Waals surface area contributed by atoms with Crippen LogP contribution in [0, 0.1) is 11.8 Å². The lowest BCUT2D eigenvalue weighted by atomic mass is 9.81. The maximum atomic E-state index is 11.9. The predicted octanol–water partition coefficient (Wildman–Crippen LogP) is 1.66. The minimum Gasteiger partial charge on any atom is -0.472 e. The molecule has 4 heteroatoms. The van der Waals surface area contributed by atoms with Crippen LogP contribution < -0.4 is 11.1 Å². The van der Waals surface area contributed by atoms with Crippen LogP contribution in [0.1, 0.15) is 31.2 Å². The van der Waals surface area contributed by atoms with E-state index in [1.807, 2.05) is 6.07 Å². The summed E-state index contributed by atoms with van der Waals surface area (Å²) in [6.07, 6.45) is 7.39. The Hall–Kier alpha value is -1.29. The Bertz CT molecular complexity index is 340. The van der Waals surface area contributed by atoms with E-state index in [4.69, 9.17) is 10.2 Å². The van der Waals surface area contributed by atoms with Crippen molar-refractivity contribution >= 4 is 5.91 Å². The van der Waals surface area contributed by atoms with Crippen molar-refractivity contribution in [2.45, 2.75) is 32.2 Å². The van der Waals surface area contributed by atoms with Crippen LogP contribution in [0.4, 0.5) is 0 Å². The Labute approximate surface area is 102 Å². The number of hydrogen-bond donors (Lipinski definition) is 2. The fourth-order valence-electron chi connectivity index (χ4n) is 2.39. The average Bonchev–Trinajstić information content (AvgIpc) is 2.89. The first-order valence-electron chi connectivity index (χ1n) is 6.28. The molecule has 1 aromatic rings. The fraction of sp³-hybridized carbons (Fsp3) is 0.615. The topological polar surface area (TPSA) is 68.3 Å². The van der Waals surface area contributed by atoms with E-state index in [1.54, 1.807) is 12.5 Å². The minimum atomic E-state index is 0.168.